The summed E-state index contributed by atoms with van der Waals surface area (Å²) >= 11 is 13.3. The van der Waals surface area contributed by atoms with Crippen molar-refractivity contribution in [3.8, 4) is 0 Å². The molecule has 0 atom stereocenters. The summed E-state index contributed by atoms with van der Waals surface area (Å²) in [5, 5.41) is 0. The van der Waals surface area contributed by atoms with Gasteiger partial charge in [0.15, 0.2) is 3.92 Å². The van der Waals surface area contributed by atoms with Crippen molar-refractivity contribution in [2.45, 2.75) is 0 Å². The molecule has 0 saturated heterocycles. The number of hydrogen-bond acceptors (Lipinski definition) is 2. The molecule has 44 valence electrons. The highest BCUT2D eigenvalue weighted by Crippen LogP contribution is 2.31. The zero-order chi connectivity index (χ0) is 6.15. The van der Waals surface area contributed by atoms with Crippen LogP contribution in [0.25, 0.3) is 0 Å². The minimum Gasteiger partial charge on any atom is -0.221 e. The second-order valence-corrected chi connectivity index (χ2v) is 4.66. The monoisotopic (exact) mass is 275 g/mol. The molecule has 1 nitrogen and oxygen atoms in total. The van der Waals surface area contributed by atoms with Crippen LogP contribution in [0.15, 0.2) is 8.52 Å². The maximum Gasteiger partial charge on any atom is 0.161 e. The van der Waals surface area contributed by atoms with Gasteiger partial charge in [-0.3, -0.25) is 0 Å². The lowest BCUT2D eigenvalue weighted by molar-refractivity contribution is 1.33. The summed E-state index contributed by atoms with van der Waals surface area (Å²) in [5.74, 6) is 0. The van der Waals surface area contributed by atoms with Crippen LogP contribution in [0.3, 0.4) is 0 Å². The smallest absolute Gasteiger partial charge is 0.161 e. The quantitative estimate of drug-likeness (QED) is 0.709. The van der Waals surface area contributed by atoms with Gasteiger partial charge in [-0.2, -0.15) is 0 Å². The van der Waals surface area contributed by atoms with E-state index < -0.39 is 0 Å². The second kappa shape index (κ2) is 2.64. The minimum atomic E-state index is 0.678. The van der Waals surface area contributed by atoms with E-state index in [9.17, 15) is 0 Å². The average Bonchev–Trinajstić information content (AvgIpc) is 1.85. The molecule has 0 unspecified atom stereocenters. The van der Waals surface area contributed by atoms with Gasteiger partial charge in [0, 0.05) is 0 Å². The lowest BCUT2D eigenvalue weighted by atomic mass is 11.0. The molecule has 1 aromatic heterocycles. The Balaban J connectivity index is 3.14. The summed E-state index contributed by atoms with van der Waals surface area (Å²) in [6.45, 7) is 0. The number of nitrogens with zero attached hydrogens (tertiary/aromatic N) is 1. The van der Waals surface area contributed by atoms with Crippen molar-refractivity contribution in [2.75, 3.05) is 0 Å². The predicted molar refractivity (Wildman–Crippen MR) is 42.5 cm³/mol. The number of hydrogen-bond donors (Lipinski definition) is 0. The zero-order valence-corrected chi connectivity index (χ0v) is 8.23. The molecule has 0 amide bonds. The molecule has 1 heterocycles. The Morgan fingerprint density at radius 2 is 2.12 bits per heavy atom. The van der Waals surface area contributed by atoms with Crippen LogP contribution in [0.1, 0.15) is 0 Å². The molecular formula is C3Br2ClNS. The molecule has 8 heavy (non-hydrogen) atoms. The molecule has 0 radical (unpaired) electrons. The molecule has 1 aromatic rings. The Labute approximate surface area is 72.3 Å². The van der Waals surface area contributed by atoms with Crippen LogP contribution in [-0.2, 0) is 0 Å². The van der Waals surface area contributed by atoms with Crippen molar-refractivity contribution in [3.05, 3.63) is 12.9 Å². The van der Waals surface area contributed by atoms with Gasteiger partial charge in [-0.05, 0) is 31.9 Å². The van der Waals surface area contributed by atoms with Crippen molar-refractivity contribution in [1.82, 2.24) is 4.98 Å². The maximum atomic E-state index is 5.61. The largest absolute Gasteiger partial charge is 0.221 e. The van der Waals surface area contributed by atoms with Crippen molar-refractivity contribution in [1.29, 1.82) is 0 Å². The van der Waals surface area contributed by atoms with Crippen molar-refractivity contribution in [2.24, 2.45) is 0 Å². The Morgan fingerprint density at radius 1 is 1.50 bits per heavy atom. The van der Waals surface area contributed by atoms with E-state index in [0.717, 1.165) is 3.92 Å². The number of aromatic nitrogens is 1. The van der Waals surface area contributed by atoms with Gasteiger partial charge in [0.25, 0.3) is 0 Å². The van der Waals surface area contributed by atoms with Gasteiger partial charge < -0.3 is 0 Å². The zero-order valence-electron chi connectivity index (χ0n) is 3.49. The van der Waals surface area contributed by atoms with Gasteiger partial charge in [0.05, 0.1) is 0 Å². The summed E-state index contributed by atoms with van der Waals surface area (Å²) in [5.41, 5.74) is 0. The first-order valence-electron chi connectivity index (χ1n) is 1.67. The fraction of sp³-hybridized carbons (Fsp3) is 0. The van der Waals surface area contributed by atoms with Crippen molar-refractivity contribution in [3.63, 3.8) is 0 Å². The summed E-state index contributed by atoms with van der Waals surface area (Å²) in [6.07, 6.45) is 0. The first-order chi connectivity index (χ1) is 3.70. The van der Waals surface area contributed by atoms with Gasteiger partial charge in [0.2, 0.25) is 0 Å². The molecule has 0 bridgehead atoms. The maximum absolute atomic E-state index is 5.61. The van der Waals surface area contributed by atoms with Crippen LogP contribution in [0.4, 0.5) is 0 Å². The Morgan fingerprint density at radius 3 is 2.25 bits per heavy atom. The number of rotatable bonds is 0. The van der Waals surface area contributed by atoms with E-state index >= 15 is 0 Å². The Kier molecular flexibility index (Phi) is 2.31. The van der Waals surface area contributed by atoms with E-state index in [4.69, 9.17) is 11.6 Å². The van der Waals surface area contributed by atoms with E-state index in [1.165, 1.54) is 11.3 Å². The SMILES string of the molecule is Clc1sc(Br)nc1Br. The summed E-state index contributed by atoms with van der Waals surface area (Å²) in [4.78, 5) is 3.93. The molecule has 0 aliphatic heterocycles. The third-order valence-corrected chi connectivity index (χ3v) is 3.29. The summed E-state index contributed by atoms with van der Waals surface area (Å²) < 4.78 is 2.18. The molecular weight excluding hydrogens is 277 g/mol. The highest BCUT2D eigenvalue weighted by molar-refractivity contribution is 9.11. The average molecular weight is 277 g/mol. The first kappa shape index (κ1) is 6.99. The van der Waals surface area contributed by atoms with Gasteiger partial charge >= 0.3 is 0 Å². The lowest BCUT2D eigenvalue weighted by Gasteiger charge is -1.71. The van der Waals surface area contributed by atoms with Gasteiger partial charge in [0.1, 0.15) is 8.94 Å². The second-order valence-electron chi connectivity index (χ2n) is 1.03. The summed E-state index contributed by atoms with van der Waals surface area (Å²) in [7, 11) is 0. The fourth-order valence-electron chi connectivity index (χ4n) is 0.260. The molecule has 5 heteroatoms. The van der Waals surface area contributed by atoms with E-state index in [1.807, 2.05) is 0 Å². The Hall–Kier alpha value is 0.880. The highest BCUT2D eigenvalue weighted by atomic mass is 79.9. The number of halogens is 3. The molecule has 0 fully saturated rings. The molecule has 0 aliphatic rings. The van der Waals surface area contributed by atoms with Crippen LogP contribution in [0.5, 0.6) is 0 Å². The Bertz CT molecular complexity index is 180. The lowest BCUT2D eigenvalue weighted by Crippen LogP contribution is -1.57. The minimum absolute atomic E-state index is 0.678. The molecule has 1 rings (SSSR count). The van der Waals surface area contributed by atoms with E-state index in [2.05, 4.69) is 36.8 Å². The predicted octanol–water partition coefficient (Wildman–Crippen LogP) is 3.32. The highest BCUT2D eigenvalue weighted by Gasteiger charge is 2.01. The van der Waals surface area contributed by atoms with Gasteiger partial charge in [-0.1, -0.05) is 22.9 Å². The molecule has 0 spiro atoms. The molecule has 0 aromatic carbocycles. The van der Waals surface area contributed by atoms with Gasteiger partial charge in [-0.15, -0.1) is 0 Å². The number of thiazole rings is 1. The molecule has 0 aliphatic carbocycles. The standard InChI is InChI=1S/C3Br2ClNS/c4-1-2(6)8-3(5)7-1. The van der Waals surface area contributed by atoms with Crippen LogP contribution in [0.2, 0.25) is 4.34 Å². The van der Waals surface area contributed by atoms with Crippen molar-refractivity contribution < 1.29 is 0 Å². The van der Waals surface area contributed by atoms with E-state index in [0.29, 0.717) is 8.94 Å². The van der Waals surface area contributed by atoms with Crippen LogP contribution < -0.4 is 0 Å². The molecule has 0 N–H and O–H groups in total. The fourth-order valence-corrected chi connectivity index (χ4v) is 2.65. The topological polar surface area (TPSA) is 12.9 Å². The van der Waals surface area contributed by atoms with Crippen molar-refractivity contribution >= 4 is 54.8 Å². The third kappa shape index (κ3) is 1.43. The third-order valence-electron chi connectivity index (χ3n) is 0.522. The van der Waals surface area contributed by atoms with Crippen LogP contribution >= 0.6 is 54.8 Å². The first-order valence-corrected chi connectivity index (χ1v) is 4.45. The molecule has 0 saturated carbocycles. The van der Waals surface area contributed by atoms with Crippen LogP contribution in [0, 0.1) is 0 Å². The van der Waals surface area contributed by atoms with E-state index in [1.54, 1.807) is 0 Å². The van der Waals surface area contributed by atoms with Crippen LogP contribution in [-0.4, -0.2) is 4.98 Å². The van der Waals surface area contributed by atoms with E-state index in [-0.39, 0.29) is 0 Å². The van der Waals surface area contributed by atoms with Gasteiger partial charge in [-0.25, -0.2) is 4.98 Å². The normalized spacial score (nSPS) is 9.88. The summed E-state index contributed by atoms with van der Waals surface area (Å²) in [6, 6.07) is 0.